The number of anilines is 3. The summed E-state index contributed by atoms with van der Waals surface area (Å²) >= 11 is 0. The number of rotatable bonds is 7. The minimum atomic E-state index is -0.943. The predicted molar refractivity (Wildman–Crippen MR) is 112 cm³/mol. The number of hydrogen-bond donors (Lipinski definition) is 1. The van der Waals surface area contributed by atoms with E-state index in [1.54, 1.807) is 0 Å². The van der Waals surface area contributed by atoms with E-state index in [0.717, 1.165) is 22.6 Å². The zero-order chi connectivity index (χ0) is 19.2. The fourth-order valence-corrected chi connectivity index (χ4v) is 2.83. The number of aryl methyl sites for hydroxylation is 2. The van der Waals surface area contributed by atoms with Crippen molar-refractivity contribution in [3.05, 3.63) is 102 Å². The van der Waals surface area contributed by atoms with E-state index in [-0.39, 0.29) is 0 Å². The van der Waals surface area contributed by atoms with E-state index in [1.807, 2.05) is 12.1 Å². The molecule has 3 aromatic carbocycles. The Bertz CT molecular complexity index is 822. The molecule has 0 amide bonds. The Hall–Kier alpha value is -2.88. The highest BCUT2D eigenvalue weighted by molar-refractivity contribution is 5.76. The average Bonchev–Trinajstić information content (AvgIpc) is 2.70. The van der Waals surface area contributed by atoms with Crippen molar-refractivity contribution in [2.45, 2.75) is 26.7 Å². The molecule has 1 atom stereocenters. The minimum absolute atomic E-state index is 0.336. The van der Waals surface area contributed by atoms with Crippen LogP contribution < -0.4 is 4.90 Å². The van der Waals surface area contributed by atoms with Gasteiger partial charge >= 0.3 is 0 Å². The predicted octanol–water partition coefficient (Wildman–Crippen LogP) is 5.79. The third-order valence-electron chi connectivity index (χ3n) is 4.40. The van der Waals surface area contributed by atoms with Gasteiger partial charge in [0, 0.05) is 17.1 Å². The summed E-state index contributed by atoms with van der Waals surface area (Å²) in [6.07, 6.45) is 0.423. The smallest absolute Gasteiger partial charge is 0.174 e. The molecular weight excluding hydrogens is 334 g/mol. The van der Waals surface area contributed by atoms with Crippen molar-refractivity contribution in [3.63, 3.8) is 0 Å². The standard InChI is InChI=1S/C24H25NO2/c1-4-24(26)27-17-20-9-15-23(16-10-20)25(21-11-5-18(2)6-12-21)22-13-7-19(3)8-14-22/h4-16,24,26H,1,17H2,2-3H3. The fraction of sp³-hybridized carbons (Fsp3) is 0.167. The highest BCUT2D eigenvalue weighted by Gasteiger charge is 2.12. The molecule has 0 heterocycles. The van der Waals surface area contributed by atoms with Crippen molar-refractivity contribution < 1.29 is 9.84 Å². The minimum Gasteiger partial charge on any atom is -0.365 e. The van der Waals surface area contributed by atoms with Crippen LogP contribution in [0.5, 0.6) is 0 Å². The van der Waals surface area contributed by atoms with Crippen molar-refractivity contribution in [1.82, 2.24) is 0 Å². The molecule has 27 heavy (non-hydrogen) atoms. The van der Waals surface area contributed by atoms with Gasteiger partial charge in [-0.2, -0.15) is 0 Å². The van der Waals surface area contributed by atoms with Gasteiger partial charge in [-0.1, -0.05) is 54.1 Å². The van der Waals surface area contributed by atoms with E-state index in [4.69, 9.17) is 4.74 Å². The Kier molecular flexibility index (Phi) is 6.07. The number of benzene rings is 3. The first-order valence-corrected chi connectivity index (χ1v) is 9.01. The van der Waals surface area contributed by atoms with Crippen LogP contribution in [0.2, 0.25) is 0 Å². The molecule has 0 saturated heterocycles. The molecule has 0 bridgehead atoms. The second-order valence-electron chi connectivity index (χ2n) is 6.61. The zero-order valence-corrected chi connectivity index (χ0v) is 15.8. The summed E-state index contributed by atoms with van der Waals surface area (Å²) in [7, 11) is 0. The Morgan fingerprint density at radius 3 is 1.63 bits per heavy atom. The van der Waals surface area contributed by atoms with Crippen LogP contribution in [-0.4, -0.2) is 11.4 Å². The molecule has 3 heteroatoms. The van der Waals surface area contributed by atoms with Gasteiger partial charge < -0.3 is 14.7 Å². The third-order valence-corrected chi connectivity index (χ3v) is 4.40. The highest BCUT2D eigenvalue weighted by Crippen LogP contribution is 2.34. The summed E-state index contributed by atoms with van der Waals surface area (Å²) in [6.45, 7) is 8.02. The molecule has 3 rings (SSSR count). The summed E-state index contributed by atoms with van der Waals surface area (Å²) in [5.74, 6) is 0. The summed E-state index contributed by atoms with van der Waals surface area (Å²) in [4.78, 5) is 2.22. The first-order valence-electron chi connectivity index (χ1n) is 9.01. The van der Waals surface area contributed by atoms with Crippen LogP contribution >= 0.6 is 0 Å². The van der Waals surface area contributed by atoms with Gasteiger partial charge in [-0.15, -0.1) is 0 Å². The second-order valence-corrected chi connectivity index (χ2v) is 6.61. The number of hydrogen-bond acceptors (Lipinski definition) is 3. The van der Waals surface area contributed by atoms with Crippen molar-refractivity contribution >= 4 is 17.1 Å². The maximum Gasteiger partial charge on any atom is 0.174 e. The van der Waals surface area contributed by atoms with E-state index < -0.39 is 6.29 Å². The Balaban J connectivity index is 1.91. The lowest BCUT2D eigenvalue weighted by atomic mass is 10.1. The maximum absolute atomic E-state index is 9.46. The molecule has 0 aromatic heterocycles. The Morgan fingerprint density at radius 1 is 0.815 bits per heavy atom. The lowest BCUT2D eigenvalue weighted by molar-refractivity contribution is -0.0730. The van der Waals surface area contributed by atoms with E-state index in [0.29, 0.717) is 6.61 Å². The van der Waals surface area contributed by atoms with Crippen LogP contribution in [-0.2, 0) is 11.3 Å². The van der Waals surface area contributed by atoms with Gasteiger partial charge in [0.15, 0.2) is 6.29 Å². The monoisotopic (exact) mass is 359 g/mol. The van der Waals surface area contributed by atoms with E-state index in [2.05, 4.69) is 86.0 Å². The molecular formula is C24H25NO2. The highest BCUT2D eigenvalue weighted by atomic mass is 16.6. The van der Waals surface area contributed by atoms with Crippen LogP contribution in [0.15, 0.2) is 85.5 Å². The first-order chi connectivity index (χ1) is 13.1. The van der Waals surface area contributed by atoms with Crippen molar-refractivity contribution in [2.75, 3.05) is 4.90 Å². The van der Waals surface area contributed by atoms with Gasteiger partial charge in [-0.3, -0.25) is 0 Å². The molecule has 0 spiro atoms. The lowest BCUT2D eigenvalue weighted by Gasteiger charge is -2.26. The summed E-state index contributed by atoms with van der Waals surface area (Å²) in [6, 6.07) is 25.2. The molecule has 0 aliphatic rings. The molecule has 0 aliphatic carbocycles. The first kappa shape index (κ1) is 18.9. The molecule has 1 N–H and O–H groups in total. The largest absolute Gasteiger partial charge is 0.365 e. The molecule has 0 aliphatic heterocycles. The molecule has 1 unspecified atom stereocenters. The van der Waals surface area contributed by atoms with E-state index in [1.165, 1.54) is 17.2 Å². The van der Waals surface area contributed by atoms with Gasteiger partial charge in [0.25, 0.3) is 0 Å². The molecule has 3 nitrogen and oxygen atoms in total. The maximum atomic E-state index is 9.46. The van der Waals surface area contributed by atoms with Crippen molar-refractivity contribution in [2.24, 2.45) is 0 Å². The quantitative estimate of drug-likeness (QED) is 0.428. The van der Waals surface area contributed by atoms with Crippen LogP contribution in [0.3, 0.4) is 0 Å². The van der Waals surface area contributed by atoms with Crippen LogP contribution in [0.1, 0.15) is 16.7 Å². The lowest BCUT2D eigenvalue weighted by Crippen LogP contribution is -2.10. The summed E-state index contributed by atoms with van der Waals surface area (Å²) < 4.78 is 5.30. The summed E-state index contributed by atoms with van der Waals surface area (Å²) in [5.41, 5.74) is 6.74. The zero-order valence-electron chi connectivity index (χ0n) is 15.8. The van der Waals surface area contributed by atoms with Crippen molar-refractivity contribution in [1.29, 1.82) is 0 Å². The molecule has 3 aromatic rings. The molecule has 0 saturated carbocycles. The Morgan fingerprint density at radius 2 is 1.22 bits per heavy atom. The van der Waals surface area contributed by atoms with Crippen LogP contribution in [0, 0.1) is 13.8 Å². The number of nitrogens with zero attached hydrogens (tertiary/aromatic N) is 1. The number of ether oxygens (including phenoxy) is 1. The van der Waals surface area contributed by atoms with Crippen LogP contribution in [0.4, 0.5) is 17.1 Å². The van der Waals surface area contributed by atoms with Gasteiger partial charge in [0.2, 0.25) is 0 Å². The SMILES string of the molecule is C=CC(O)OCc1ccc(N(c2ccc(C)cc2)c2ccc(C)cc2)cc1. The van der Waals surface area contributed by atoms with Crippen molar-refractivity contribution in [3.8, 4) is 0 Å². The molecule has 138 valence electrons. The Labute approximate surface area is 161 Å². The summed E-state index contributed by atoms with van der Waals surface area (Å²) in [5, 5.41) is 9.46. The molecule has 0 radical (unpaired) electrons. The molecule has 0 fully saturated rings. The van der Waals surface area contributed by atoms with Gasteiger partial charge in [0.1, 0.15) is 0 Å². The fourth-order valence-electron chi connectivity index (χ4n) is 2.83. The van der Waals surface area contributed by atoms with E-state index in [9.17, 15) is 5.11 Å². The average molecular weight is 359 g/mol. The van der Waals surface area contributed by atoms with Gasteiger partial charge in [-0.05, 0) is 61.9 Å². The van der Waals surface area contributed by atoms with E-state index >= 15 is 0 Å². The normalized spacial score (nSPS) is 11.8. The second kappa shape index (κ2) is 8.67. The number of aliphatic hydroxyl groups is 1. The van der Waals surface area contributed by atoms with Crippen LogP contribution in [0.25, 0.3) is 0 Å². The number of aliphatic hydroxyl groups excluding tert-OH is 1. The van der Waals surface area contributed by atoms with Gasteiger partial charge in [0.05, 0.1) is 6.61 Å². The van der Waals surface area contributed by atoms with Gasteiger partial charge in [-0.25, -0.2) is 0 Å². The topological polar surface area (TPSA) is 32.7 Å². The third kappa shape index (κ3) is 4.85.